The van der Waals surface area contributed by atoms with Crippen molar-refractivity contribution in [1.29, 1.82) is 0 Å². The summed E-state index contributed by atoms with van der Waals surface area (Å²) in [5.41, 5.74) is 1.66. The van der Waals surface area contributed by atoms with Crippen LogP contribution in [-0.2, 0) is 0 Å². The number of allylic oxidation sites excluding steroid dienone is 4. The lowest BCUT2D eigenvalue weighted by Crippen LogP contribution is -2.16. The molecule has 1 fully saturated rings. The Bertz CT molecular complexity index is 328. The maximum absolute atomic E-state index is 2.52. The van der Waals surface area contributed by atoms with E-state index in [9.17, 15) is 0 Å². The molecular weight excluding hydrogens is 252 g/mol. The Morgan fingerprint density at radius 3 is 2.33 bits per heavy atom. The molecule has 0 aromatic carbocycles. The maximum atomic E-state index is 2.52. The number of hydrogen-bond acceptors (Lipinski definition) is 0. The van der Waals surface area contributed by atoms with Gasteiger partial charge in [0.2, 0.25) is 0 Å². The zero-order chi connectivity index (χ0) is 14.9. The van der Waals surface area contributed by atoms with Crippen molar-refractivity contribution in [1.82, 2.24) is 0 Å². The summed E-state index contributed by atoms with van der Waals surface area (Å²) in [7, 11) is 0. The molecule has 1 unspecified atom stereocenters. The summed E-state index contributed by atoms with van der Waals surface area (Å²) in [4.78, 5) is 0. The van der Waals surface area contributed by atoms with E-state index < -0.39 is 0 Å². The molecule has 0 heteroatoms. The fourth-order valence-electron chi connectivity index (χ4n) is 4.04. The van der Waals surface area contributed by atoms with Crippen LogP contribution in [0.2, 0.25) is 0 Å². The van der Waals surface area contributed by atoms with Crippen LogP contribution in [0.4, 0.5) is 0 Å². The minimum absolute atomic E-state index is 0.762. The van der Waals surface area contributed by atoms with Crippen LogP contribution >= 0.6 is 0 Å². The Hall–Kier alpha value is -0.520. The van der Waals surface area contributed by atoms with Gasteiger partial charge in [0.25, 0.3) is 0 Å². The first-order valence-corrected chi connectivity index (χ1v) is 9.67. The van der Waals surface area contributed by atoms with E-state index in [4.69, 9.17) is 0 Å². The van der Waals surface area contributed by atoms with E-state index in [1.807, 2.05) is 0 Å². The molecule has 21 heavy (non-hydrogen) atoms. The van der Waals surface area contributed by atoms with Gasteiger partial charge in [-0.2, -0.15) is 0 Å². The van der Waals surface area contributed by atoms with Crippen LogP contribution < -0.4 is 0 Å². The fraction of sp³-hybridized carbons (Fsp3) is 0.810. The molecule has 0 N–H and O–H groups in total. The highest BCUT2D eigenvalue weighted by molar-refractivity contribution is 5.26. The van der Waals surface area contributed by atoms with Gasteiger partial charge in [-0.3, -0.25) is 0 Å². The van der Waals surface area contributed by atoms with Gasteiger partial charge < -0.3 is 0 Å². The topological polar surface area (TPSA) is 0 Å². The molecule has 0 bridgehead atoms. The minimum atomic E-state index is 0.762. The molecule has 120 valence electrons. The highest BCUT2D eigenvalue weighted by Crippen LogP contribution is 2.37. The number of rotatable bonds is 8. The quantitative estimate of drug-likeness (QED) is 0.419. The molecule has 0 saturated heterocycles. The standard InChI is InChI=1S/C21H36/c1-3-4-5-6-7-8-9-19-12-16-21(17-13-19)20-14-10-18(2)11-15-20/h10,14-15,18-19,21H,3-9,11-13,16-17H2,1-2H3. The van der Waals surface area contributed by atoms with Crippen molar-refractivity contribution in [3.05, 3.63) is 23.8 Å². The van der Waals surface area contributed by atoms with Crippen LogP contribution in [0.3, 0.4) is 0 Å². The van der Waals surface area contributed by atoms with Gasteiger partial charge in [-0.1, -0.05) is 77.0 Å². The van der Waals surface area contributed by atoms with Crippen LogP contribution in [-0.4, -0.2) is 0 Å². The van der Waals surface area contributed by atoms with Gasteiger partial charge in [0.15, 0.2) is 0 Å². The van der Waals surface area contributed by atoms with Crippen molar-refractivity contribution in [2.75, 3.05) is 0 Å². The summed E-state index contributed by atoms with van der Waals surface area (Å²) in [6, 6.07) is 0. The zero-order valence-electron chi connectivity index (χ0n) is 14.4. The van der Waals surface area contributed by atoms with Crippen molar-refractivity contribution < 1.29 is 0 Å². The first-order valence-electron chi connectivity index (χ1n) is 9.67. The molecule has 0 radical (unpaired) electrons. The SMILES string of the molecule is CCCCCCCCC1CCC(C2=CCC(C)C=C2)CC1. The molecule has 0 aliphatic heterocycles. The smallest absolute Gasteiger partial charge is 0.0165 e. The van der Waals surface area contributed by atoms with Gasteiger partial charge in [-0.15, -0.1) is 0 Å². The van der Waals surface area contributed by atoms with Crippen LogP contribution in [0.15, 0.2) is 23.8 Å². The molecule has 1 atom stereocenters. The molecule has 0 aromatic heterocycles. The van der Waals surface area contributed by atoms with Crippen molar-refractivity contribution in [3.8, 4) is 0 Å². The lowest BCUT2D eigenvalue weighted by atomic mass is 9.75. The third-order valence-electron chi connectivity index (χ3n) is 5.63. The van der Waals surface area contributed by atoms with E-state index in [0.717, 1.165) is 17.8 Å². The van der Waals surface area contributed by atoms with E-state index in [0.29, 0.717) is 0 Å². The van der Waals surface area contributed by atoms with Crippen molar-refractivity contribution in [2.45, 2.75) is 90.9 Å². The van der Waals surface area contributed by atoms with Crippen LogP contribution in [0.1, 0.15) is 90.9 Å². The third kappa shape index (κ3) is 6.01. The molecule has 0 nitrogen and oxygen atoms in total. The monoisotopic (exact) mass is 288 g/mol. The van der Waals surface area contributed by atoms with E-state index in [2.05, 4.69) is 32.1 Å². The predicted octanol–water partition coefficient (Wildman–Crippen LogP) is 7.07. The Morgan fingerprint density at radius 2 is 1.67 bits per heavy atom. The molecule has 2 rings (SSSR count). The molecule has 1 saturated carbocycles. The van der Waals surface area contributed by atoms with Crippen LogP contribution in [0.5, 0.6) is 0 Å². The summed E-state index contributed by atoms with van der Waals surface area (Å²) < 4.78 is 0. The summed E-state index contributed by atoms with van der Waals surface area (Å²) in [5, 5.41) is 0. The molecule has 0 spiro atoms. The molecular formula is C21H36. The molecule has 2 aliphatic rings. The Kier molecular flexibility index (Phi) is 7.61. The van der Waals surface area contributed by atoms with Gasteiger partial charge >= 0.3 is 0 Å². The van der Waals surface area contributed by atoms with Crippen LogP contribution in [0.25, 0.3) is 0 Å². The van der Waals surface area contributed by atoms with Crippen molar-refractivity contribution >= 4 is 0 Å². The normalized spacial score (nSPS) is 29.4. The fourth-order valence-corrected chi connectivity index (χ4v) is 4.04. The molecule has 0 amide bonds. The Balaban J connectivity index is 1.57. The van der Waals surface area contributed by atoms with Gasteiger partial charge in [-0.25, -0.2) is 0 Å². The van der Waals surface area contributed by atoms with Crippen molar-refractivity contribution in [2.24, 2.45) is 17.8 Å². The molecule has 0 aromatic rings. The van der Waals surface area contributed by atoms with Gasteiger partial charge in [0, 0.05) is 0 Å². The second-order valence-electron chi connectivity index (χ2n) is 7.55. The zero-order valence-corrected chi connectivity index (χ0v) is 14.4. The number of unbranched alkanes of at least 4 members (excludes halogenated alkanes) is 5. The second kappa shape index (κ2) is 9.49. The van der Waals surface area contributed by atoms with Gasteiger partial charge in [-0.05, 0) is 55.4 Å². The van der Waals surface area contributed by atoms with Crippen molar-refractivity contribution in [3.63, 3.8) is 0 Å². The third-order valence-corrected chi connectivity index (χ3v) is 5.63. The largest absolute Gasteiger partial charge is 0.0811 e. The minimum Gasteiger partial charge on any atom is -0.0811 e. The first kappa shape index (κ1) is 16.8. The van der Waals surface area contributed by atoms with Gasteiger partial charge in [0.1, 0.15) is 0 Å². The summed E-state index contributed by atoms with van der Waals surface area (Å²) in [6.07, 6.45) is 24.7. The highest BCUT2D eigenvalue weighted by Gasteiger charge is 2.23. The summed E-state index contributed by atoms with van der Waals surface area (Å²) in [5.74, 6) is 2.69. The number of hydrogen-bond donors (Lipinski definition) is 0. The Labute approximate surface area is 133 Å². The lowest BCUT2D eigenvalue weighted by Gasteiger charge is -2.30. The average Bonchev–Trinajstić information content (AvgIpc) is 2.52. The van der Waals surface area contributed by atoms with E-state index in [1.54, 1.807) is 5.57 Å². The van der Waals surface area contributed by atoms with E-state index in [-0.39, 0.29) is 0 Å². The first-order chi connectivity index (χ1) is 10.3. The predicted molar refractivity (Wildman–Crippen MR) is 94.4 cm³/mol. The molecule has 2 aliphatic carbocycles. The van der Waals surface area contributed by atoms with Gasteiger partial charge in [0.05, 0.1) is 0 Å². The molecule has 0 heterocycles. The maximum Gasteiger partial charge on any atom is -0.0165 e. The van der Waals surface area contributed by atoms with E-state index in [1.165, 1.54) is 77.0 Å². The average molecular weight is 289 g/mol. The van der Waals surface area contributed by atoms with E-state index >= 15 is 0 Å². The Morgan fingerprint density at radius 1 is 0.952 bits per heavy atom. The van der Waals surface area contributed by atoms with Crippen LogP contribution in [0, 0.1) is 17.8 Å². The lowest BCUT2D eigenvalue weighted by molar-refractivity contribution is 0.282. The highest BCUT2D eigenvalue weighted by atomic mass is 14.3. The summed E-state index contributed by atoms with van der Waals surface area (Å²) in [6.45, 7) is 4.62. The second-order valence-corrected chi connectivity index (χ2v) is 7.55. The summed E-state index contributed by atoms with van der Waals surface area (Å²) >= 11 is 0.